The molecule has 0 saturated carbocycles. The van der Waals surface area contributed by atoms with Crippen LogP contribution in [0.3, 0.4) is 0 Å². The van der Waals surface area contributed by atoms with Crippen molar-refractivity contribution in [3.05, 3.63) is 30.0 Å². The molecule has 4 heteroatoms. The van der Waals surface area contributed by atoms with E-state index in [2.05, 4.69) is 29.0 Å². The summed E-state index contributed by atoms with van der Waals surface area (Å²) in [7, 11) is 0. The fourth-order valence-corrected chi connectivity index (χ4v) is 2.99. The third-order valence-corrected chi connectivity index (χ3v) is 4.35. The summed E-state index contributed by atoms with van der Waals surface area (Å²) < 4.78 is 0. The number of benzene rings is 1. The second-order valence-corrected chi connectivity index (χ2v) is 6.27. The Labute approximate surface area is 126 Å². The molecule has 2 heterocycles. The number of aryl methyl sites for hydroxylation is 1. The lowest BCUT2D eigenvalue weighted by atomic mass is 10.1. The Kier molecular flexibility index (Phi) is 4.06. The Morgan fingerprint density at radius 3 is 2.62 bits per heavy atom. The molecule has 0 amide bonds. The number of fused-ring (bicyclic) bond motifs is 1. The Balaban J connectivity index is 1.67. The van der Waals surface area contributed by atoms with E-state index < -0.39 is 0 Å². The summed E-state index contributed by atoms with van der Waals surface area (Å²) in [4.78, 5) is 11.9. The molecule has 4 nitrogen and oxygen atoms in total. The predicted molar refractivity (Wildman–Crippen MR) is 87.6 cm³/mol. The third-order valence-electron chi connectivity index (χ3n) is 4.35. The van der Waals surface area contributed by atoms with Crippen LogP contribution in [0.1, 0.15) is 26.0 Å². The third kappa shape index (κ3) is 3.16. The lowest BCUT2D eigenvalue weighted by Gasteiger charge is -2.20. The van der Waals surface area contributed by atoms with Crippen molar-refractivity contribution in [1.82, 2.24) is 14.9 Å². The second kappa shape index (κ2) is 5.98. The van der Waals surface area contributed by atoms with E-state index in [-0.39, 0.29) is 0 Å². The van der Waals surface area contributed by atoms with Crippen molar-refractivity contribution in [2.75, 3.05) is 25.0 Å². The molecule has 1 atom stereocenters. The Morgan fingerprint density at radius 2 is 1.95 bits per heavy atom. The van der Waals surface area contributed by atoms with E-state index >= 15 is 0 Å². The zero-order valence-corrected chi connectivity index (χ0v) is 13.1. The highest BCUT2D eigenvalue weighted by atomic mass is 15.2. The molecule has 1 aliphatic heterocycles. The van der Waals surface area contributed by atoms with Gasteiger partial charge in [-0.3, -0.25) is 0 Å². The number of hydrogen-bond acceptors (Lipinski definition) is 4. The predicted octanol–water partition coefficient (Wildman–Crippen LogP) is 3.08. The van der Waals surface area contributed by atoms with Gasteiger partial charge in [-0.15, -0.1) is 0 Å². The maximum Gasteiger partial charge on any atom is 0.148 e. The average Bonchev–Trinajstić information content (AvgIpc) is 2.94. The Bertz CT molecular complexity index is 623. The number of rotatable bonds is 4. The normalized spacial score (nSPS) is 19.5. The molecule has 1 N–H and O–H groups in total. The summed E-state index contributed by atoms with van der Waals surface area (Å²) in [6.07, 6.45) is 1.27. The molecule has 112 valence electrons. The van der Waals surface area contributed by atoms with Crippen molar-refractivity contribution < 1.29 is 0 Å². The molecule has 2 aromatic rings. The lowest BCUT2D eigenvalue weighted by molar-refractivity contribution is 0.266. The first kappa shape index (κ1) is 14.3. The molecular formula is C17H24N4. The fraction of sp³-hybridized carbons (Fsp3) is 0.529. The van der Waals surface area contributed by atoms with E-state index in [4.69, 9.17) is 4.98 Å². The zero-order valence-electron chi connectivity index (χ0n) is 13.1. The topological polar surface area (TPSA) is 41.1 Å². The van der Waals surface area contributed by atoms with Gasteiger partial charge in [0.2, 0.25) is 0 Å². The fourth-order valence-electron chi connectivity index (χ4n) is 2.99. The summed E-state index contributed by atoms with van der Waals surface area (Å²) in [5.74, 6) is 1.64. The number of likely N-dealkylation sites (tertiary alicyclic amines) is 1. The van der Waals surface area contributed by atoms with Gasteiger partial charge in [-0.25, -0.2) is 9.97 Å². The molecule has 1 aromatic carbocycles. The molecule has 1 fully saturated rings. The van der Waals surface area contributed by atoms with Crippen LogP contribution in [0.4, 0.5) is 5.82 Å². The summed E-state index contributed by atoms with van der Waals surface area (Å²) in [5.41, 5.74) is 2.90. The molecule has 1 aliphatic rings. The number of aromatic nitrogens is 2. The summed E-state index contributed by atoms with van der Waals surface area (Å²) in [6, 6.07) is 8.69. The van der Waals surface area contributed by atoms with Crippen LogP contribution in [-0.4, -0.2) is 40.5 Å². The lowest BCUT2D eigenvalue weighted by Crippen LogP contribution is -2.29. The van der Waals surface area contributed by atoms with Gasteiger partial charge in [-0.05, 0) is 51.8 Å². The van der Waals surface area contributed by atoms with Gasteiger partial charge in [0.1, 0.15) is 5.82 Å². The smallest absolute Gasteiger partial charge is 0.148 e. The standard InChI is InChI=1S/C17H24N4/c1-12(2)21-9-8-14(11-21)10-18-17-13(3)19-15-6-4-5-7-16(15)20-17/h4-7,12,14H,8-11H2,1-3H3,(H,18,20). The van der Waals surface area contributed by atoms with Gasteiger partial charge in [0.15, 0.2) is 0 Å². The first-order valence-electron chi connectivity index (χ1n) is 7.85. The van der Waals surface area contributed by atoms with Gasteiger partial charge >= 0.3 is 0 Å². The van der Waals surface area contributed by atoms with Crippen molar-refractivity contribution in [1.29, 1.82) is 0 Å². The number of hydrogen-bond donors (Lipinski definition) is 1. The van der Waals surface area contributed by atoms with Gasteiger partial charge < -0.3 is 10.2 Å². The zero-order chi connectivity index (χ0) is 14.8. The van der Waals surface area contributed by atoms with Crippen LogP contribution >= 0.6 is 0 Å². The number of nitrogens with zero attached hydrogens (tertiary/aromatic N) is 3. The quantitative estimate of drug-likeness (QED) is 0.937. The van der Waals surface area contributed by atoms with E-state index in [1.165, 1.54) is 19.5 Å². The first-order valence-corrected chi connectivity index (χ1v) is 7.85. The van der Waals surface area contributed by atoms with Crippen LogP contribution < -0.4 is 5.32 Å². The van der Waals surface area contributed by atoms with Gasteiger partial charge in [0.05, 0.1) is 16.7 Å². The molecule has 0 aliphatic carbocycles. The largest absolute Gasteiger partial charge is 0.368 e. The molecule has 1 aromatic heterocycles. The van der Waals surface area contributed by atoms with Crippen LogP contribution in [0.2, 0.25) is 0 Å². The minimum absolute atomic E-state index is 0.650. The highest BCUT2D eigenvalue weighted by molar-refractivity contribution is 5.76. The molecule has 0 bridgehead atoms. The monoisotopic (exact) mass is 284 g/mol. The van der Waals surface area contributed by atoms with Crippen molar-refractivity contribution >= 4 is 16.9 Å². The minimum atomic E-state index is 0.650. The van der Waals surface area contributed by atoms with Crippen LogP contribution in [0.15, 0.2) is 24.3 Å². The van der Waals surface area contributed by atoms with Crippen molar-refractivity contribution in [2.45, 2.75) is 33.2 Å². The Hall–Kier alpha value is -1.68. The highest BCUT2D eigenvalue weighted by Gasteiger charge is 2.24. The van der Waals surface area contributed by atoms with E-state index in [0.717, 1.165) is 29.1 Å². The van der Waals surface area contributed by atoms with Gasteiger partial charge in [0, 0.05) is 19.1 Å². The van der Waals surface area contributed by atoms with Crippen molar-refractivity contribution in [3.8, 4) is 0 Å². The Morgan fingerprint density at radius 1 is 1.24 bits per heavy atom. The van der Waals surface area contributed by atoms with E-state index in [9.17, 15) is 0 Å². The molecule has 0 radical (unpaired) electrons. The minimum Gasteiger partial charge on any atom is -0.368 e. The van der Waals surface area contributed by atoms with E-state index in [1.807, 2.05) is 31.2 Å². The van der Waals surface area contributed by atoms with Gasteiger partial charge in [-0.2, -0.15) is 0 Å². The first-order chi connectivity index (χ1) is 10.1. The number of para-hydroxylation sites is 2. The molecule has 0 spiro atoms. The van der Waals surface area contributed by atoms with Crippen LogP contribution in [-0.2, 0) is 0 Å². The van der Waals surface area contributed by atoms with Gasteiger partial charge in [0.25, 0.3) is 0 Å². The average molecular weight is 284 g/mol. The summed E-state index contributed by atoms with van der Waals surface area (Å²) in [6.45, 7) is 9.95. The van der Waals surface area contributed by atoms with E-state index in [1.54, 1.807) is 0 Å². The molecule has 1 unspecified atom stereocenters. The van der Waals surface area contributed by atoms with E-state index in [0.29, 0.717) is 12.0 Å². The van der Waals surface area contributed by atoms with Crippen LogP contribution in [0.25, 0.3) is 11.0 Å². The maximum atomic E-state index is 4.70. The second-order valence-electron chi connectivity index (χ2n) is 6.27. The molecule has 21 heavy (non-hydrogen) atoms. The highest BCUT2D eigenvalue weighted by Crippen LogP contribution is 2.20. The van der Waals surface area contributed by atoms with Gasteiger partial charge in [-0.1, -0.05) is 12.1 Å². The van der Waals surface area contributed by atoms with Crippen LogP contribution in [0.5, 0.6) is 0 Å². The van der Waals surface area contributed by atoms with Crippen molar-refractivity contribution in [2.24, 2.45) is 5.92 Å². The summed E-state index contributed by atoms with van der Waals surface area (Å²) in [5, 5.41) is 3.51. The number of anilines is 1. The molecular weight excluding hydrogens is 260 g/mol. The van der Waals surface area contributed by atoms with Crippen LogP contribution in [0, 0.1) is 12.8 Å². The molecule has 1 saturated heterocycles. The SMILES string of the molecule is Cc1nc2ccccc2nc1NCC1CCN(C(C)C)C1. The summed E-state index contributed by atoms with van der Waals surface area (Å²) >= 11 is 0. The van der Waals surface area contributed by atoms with Crippen molar-refractivity contribution in [3.63, 3.8) is 0 Å². The molecule has 3 rings (SSSR count). The maximum absolute atomic E-state index is 4.70. The number of nitrogens with one attached hydrogen (secondary N) is 1.